The number of fused-ring (bicyclic) bond motifs is 1. The highest BCUT2D eigenvalue weighted by atomic mass is 19.1. The number of pyridine rings is 1. The summed E-state index contributed by atoms with van der Waals surface area (Å²) in [7, 11) is 0. The Bertz CT molecular complexity index is 1680. The maximum Gasteiger partial charge on any atom is 0.409 e. The van der Waals surface area contributed by atoms with Gasteiger partial charge in [-0.25, -0.2) is 14.2 Å². The molecule has 0 saturated heterocycles. The van der Waals surface area contributed by atoms with E-state index in [1.807, 2.05) is 6.07 Å². The second-order valence-corrected chi connectivity index (χ2v) is 8.60. The van der Waals surface area contributed by atoms with Crippen LogP contribution in [0.3, 0.4) is 0 Å². The summed E-state index contributed by atoms with van der Waals surface area (Å²) in [6.45, 7) is 0. The van der Waals surface area contributed by atoms with Crippen LogP contribution in [0.5, 0.6) is 0 Å². The molecule has 184 valence electrons. The second-order valence-electron chi connectivity index (χ2n) is 8.60. The van der Waals surface area contributed by atoms with Gasteiger partial charge in [0.25, 0.3) is 5.56 Å². The first-order valence-corrected chi connectivity index (χ1v) is 11.4. The van der Waals surface area contributed by atoms with Gasteiger partial charge in [-0.05, 0) is 70.8 Å². The van der Waals surface area contributed by atoms with E-state index in [9.17, 15) is 14.0 Å². The van der Waals surface area contributed by atoms with Crippen LogP contribution in [0.25, 0.3) is 28.1 Å². The molecule has 1 aliphatic heterocycles. The highest BCUT2D eigenvalue weighted by Crippen LogP contribution is 2.33. The SMILES string of the molecule is O=C(O)Nc1ccc(-c2cnc([C@@H]3CCc4cc(-c5cc(F)ccc5-n5cnnn5)cc(=O)n43)[nH]2)cc1. The van der Waals surface area contributed by atoms with Gasteiger partial charge in [-0.15, -0.1) is 5.10 Å². The average molecular weight is 498 g/mol. The van der Waals surface area contributed by atoms with Crippen molar-refractivity contribution in [2.75, 3.05) is 5.32 Å². The van der Waals surface area contributed by atoms with Crippen molar-refractivity contribution in [3.63, 3.8) is 0 Å². The van der Waals surface area contributed by atoms with Gasteiger partial charge in [-0.3, -0.25) is 10.1 Å². The smallest absolute Gasteiger partial charge is 0.409 e. The van der Waals surface area contributed by atoms with Gasteiger partial charge < -0.3 is 14.7 Å². The maximum absolute atomic E-state index is 14.2. The first-order chi connectivity index (χ1) is 18.0. The van der Waals surface area contributed by atoms with Gasteiger partial charge in [-0.1, -0.05) is 12.1 Å². The summed E-state index contributed by atoms with van der Waals surface area (Å²) >= 11 is 0. The molecule has 1 amide bonds. The van der Waals surface area contributed by atoms with E-state index < -0.39 is 11.9 Å². The van der Waals surface area contributed by atoms with E-state index in [2.05, 4.69) is 30.8 Å². The number of nitrogens with zero attached hydrogens (tertiary/aromatic N) is 6. The van der Waals surface area contributed by atoms with Crippen molar-refractivity contribution in [2.45, 2.75) is 18.9 Å². The van der Waals surface area contributed by atoms with Crippen LogP contribution in [0.15, 0.2) is 71.9 Å². The van der Waals surface area contributed by atoms with Crippen LogP contribution in [0.2, 0.25) is 0 Å². The van der Waals surface area contributed by atoms with E-state index in [4.69, 9.17) is 5.11 Å². The lowest BCUT2D eigenvalue weighted by Gasteiger charge is -2.14. The summed E-state index contributed by atoms with van der Waals surface area (Å²) in [5.74, 6) is 0.219. The Morgan fingerprint density at radius 3 is 2.70 bits per heavy atom. The van der Waals surface area contributed by atoms with Crippen LogP contribution in [-0.4, -0.2) is 45.9 Å². The molecule has 4 heterocycles. The molecule has 0 radical (unpaired) electrons. The number of benzene rings is 2. The number of H-pyrrole nitrogens is 1. The van der Waals surface area contributed by atoms with E-state index in [0.717, 1.165) is 17.0 Å². The number of nitrogens with one attached hydrogen (secondary N) is 2. The van der Waals surface area contributed by atoms with E-state index in [0.29, 0.717) is 41.2 Å². The molecular formula is C25H19FN8O3. The lowest BCUT2D eigenvalue weighted by molar-refractivity contribution is 0.209. The Kier molecular flexibility index (Phi) is 5.33. The summed E-state index contributed by atoms with van der Waals surface area (Å²) in [6.07, 6.45) is 3.30. The lowest BCUT2D eigenvalue weighted by Crippen LogP contribution is -2.23. The van der Waals surface area contributed by atoms with E-state index in [1.165, 1.54) is 29.2 Å². The Morgan fingerprint density at radius 2 is 1.95 bits per heavy atom. The van der Waals surface area contributed by atoms with Crippen molar-refractivity contribution in [3.8, 4) is 28.1 Å². The summed E-state index contributed by atoms with van der Waals surface area (Å²) < 4.78 is 17.3. The van der Waals surface area contributed by atoms with Crippen LogP contribution >= 0.6 is 0 Å². The van der Waals surface area contributed by atoms with Gasteiger partial charge in [0.05, 0.1) is 23.6 Å². The molecule has 3 N–H and O–H groups in total. The van der Waals surface area contributed by atoms with Gasteiger partial charge in [0.1, 0.15) is 18.0 Å². The number of anilines is 1. The number of amides is 1. The predicted octanol–water partition coefficient (Wildman–Crippen LogP) is 3.65. The minimum Gasteiger partial charge on any atom is -0.465 e. The molecule has 1 atom stereocenters. The first-order valence-electron chi connectivity index (χ1n) is 11.4. The third-order valence-corrected chi connectivity index (χ3v) is 6.36. The van der Waals surface area contributed by atoms with Crippen molar-refractivity contribution in [2.24, 2.45) is 0 Å². The Morgan fingerprint density at radius 1 is 1.11 bits per heavy atom. The van der Waals surface area contributed by atoms with Gasteiger partial charge in [0, 0.05) is 23.0 Å². The molecule has 6 rings (SSSR count). The number of tetrazole rings is 1. The van der Waals surface area contributed by atoms with E-state index in [1.54, 1.807) is 41.1 Å². The molecule has 2 aromatic carbocycles. The number of carbonyl (C=O) groups is 1. The number of hydrogen-bond donors (Lipinski definition) is 3. The third kappa shape index (κ3) is 4.14. The number of halogens is 1. The van der Waals surface area contributed by atoms with E-state index in [-0.39, 0.29) is 11.6 Å². The largest absolute Gasteiger partial charge is 0.465 e. The molecule has 0 saturated carbocycles. The van der Waals surface area contributed by atoms with Crippen LogP contribution < -0.4 is 10.9 Å². The van der Waals surface area contributed by atoms with Crippen molar-refractivity contribution in [3.05, 3.63) is 94.8 Å². The number of aromatic amines is 1. The maximum atomic E-state index is 14.2. The minimum atomic E-state index is -1.13. The van der Waals surface area contributed by atoms with Crippen molar-refractivity contribution >= 4 is 11.8 Å². The monoisotopic (exact) mass is 498 g/mol. The number of aryl methyl sites for hydroxylation is 1. The Balaban J connectivity index is 1.32. The molecule has 0 bridgehead atoms. The van der Waals surface area contributed by atoms with Crippen LogP contribution in [-0.2, 0) is 6.42 Å². The zero-order valence-corrected chi connectivity index (χ0v) is 19.2. The fraction of sp³-hybridized carbons (Fsp3) is 0.120. The summed E-state index contributed by atoms with van der Waals surface area (Å²) in [4.78, 5) is 31.9. The molecule has 11 nitrogen and oxygen atoms in total. The molecule has 0 spiro atoms. The Hall–Kier alpha value is -5.13. The fourth-order valence-corrected chi connectivity index (χ4v) is 4.73. The number of imidazole rings is 1. The zero-order valence-electron chi connectivity index (χ0n) is 19.2. The van der Waals surface area contributed by atoms with Crippen molar-refractivity contribution in [1.82, 2.24) is 34.7 Å². The Labute approximate surface area is 208 Å². The normalized spacial score (nSPS) is 14.5. The zero-order chi connectivity index (χ0) is 25.5. The molecule has 12 heteroatoms. The number of aromatic nitrogens is 7. The van der Waals surface area contributed by atoms with Gasteiger partial charge in [0.2, 0.25) is 0 Å². The van der Waals surface area contributed by atoms with Gasteiger partial charge >= 0.3 is 6.09 Å². The van der Waals surface area contributed by atoms with Crippen LogP contribution in [0, 0.1) is 5.82 Å². The van der Waals surface area contributed by atoms with Crippen LogP contribution in [0.1, 0.15) is 24.0 Å². The highest BCUT2D eigenvalue weighted by molar-refractivity contribution is 5.83. The number of carboxylic acid groups (broad SMARTS) is 1. The molecule has 37 heavy (non-hydrogen) atoms. The molecular weight excluding hydrogens is 479 g/mol. The van der Waals surface area contributed by atoms with Crippen molar-refractivity contribution in [1.29, 1.82) is 0 Å². The third-order valence-electron chi connectivity index (χ3n) is 6.36. The lowest BCUT2D eigenvalue weighted by atomic mass is 10.0. The molecule has 0 unspecified atom stereocenters. The number of hydrogen-bond acceptors (Lipinski definition) is 6. The molecule has 5 aromatic rings. The quantitative estimate of drug-likeness (QED) is 0.336. The summed E-state index contributed by atoms with van der Waals surface area (Å²) in [5.41, 5.74) is 4.30. The summed E-state index contributed by atoms with van der Waals surface area (Å²) in [6, 6.07) is 14.3. The molecule has 3 aromatic heterocycles. The highest BCUT2D eigenvalue weighted by Gasteiger charge is 2.28. The van der Waals surface area contributed by atoms with E-state index >= 15 is 0 Å². The topological polar surface area (TPSA) is 144 Å². The first kappa shape index (κ1) is 22.3. The fourth-order valence-electron chi connectivity index (χ4n) is 4.73. The number of rotatable bonds is 5. The van der Waals surface area contributed by atoms with Gasteiger partial charge in [0.15, 0.2) is 0 Å². The average Bonchev–Trinajstić information content (AvgIpc) is 3.65. The van der Waals surface area contributed by atoms with Gasteiger partial charge in [-0.2, -0.15) is 4.68 Å². The van der Waals surface area contributed by atoms with Crippen LogP contribution in [0.4, 0.5) is 14.9 Å². The standard InChI is InChI=1S/C25H19FN8O3/c26-16-3-7-21(33-13-28-31-32-33)19(11-16)15-9-18-6-8-22(34(18)23(35)10-15)24-27-12-20(30-24)14-1-4-17(5-2-14)29-25(36)37/h1-5,7,9-13,22,29H,6,8H2,(H,27,30)(H,36,37)/t22-/m0/s1. The predicted molar refractivity (Wildman–Crippen MR) is 131 cm³/mol. The second kappa shape index (κ2) is 8.82. The molecule has 0 fully saturated rings. The van der Waals surface area contributed by atoms with Crippen molar-refractivity contribution < 1.29 is 14.3 Å². The summed E-state index contributed by atoms with van der Waals surface area (Å²) in [5, 5.41) is 22.4. The molecule has 1 aliphatic rings. The molecule has 0 aliphatic carbocycles. The minimum absolute atomic E-state index is 0.219.